The minimum atomic E-state index is -4.35. The van der Waals surface area contributed by atoms with Gasteiger partial charge in [-0.2, -0.15) is 0 Å². The van der Waals surface area contributed by atoms with Crippen LogP contribution in [-0.4, -0.2) is 73.4 Å². The molecule has 0 bridgehead atoms. The van der Waals surface area contributed by atoms with Crippen LogP contribution in [0.3, 0.4) is 0 Å². The summed E-state index contributed by atoms with van der Waals surface area (Å²) in [6, 6.07) is -0.862. The molecule has 0 rings (SSSR count). The lowest BCUT2D eigenvalue weighted by Gasteiger charge is -2.25. The number of nitrogens with one attached hydrogen (secondary N) is 1. The molecular formula is C62H120N2O6P+. The van der Waals surface area contributed by atoms with Gasteiger partial charge in [-0.15, -0.1) is 0 Å². The van der Waals surface area contributed by atoms with Crippen molar-refractivity contribution in [3.8, 4) is 0 Å². The second kappa shape index (κ2) is 53.3. The Bertz CT molecular complexity index is 1290. The number of nitrogens with zero attached hydrogens (tertiary/aromatic N) is 1. The molecule has 0 saturated heterocycles. The van der Waals surface area contributed by atoms with Gasteiger partial charge in [0.25, 0.3) is 0 Å². The molecule has 8 nitrogen and oxygen atoms in total. The molecule has 0 saturated carbocycles. The van der Waals surface area contributed by atoms with Crippen LogP contribution in [0.15, 0.2) is 48.6 Å². The molecule has 0 heterocycles. The van der Waals surface area contributed by atoms with Crippen molar-refractivity contribution in [2.45, 2.75) is 302 Å². The predicted octanol–water partition coefficient (Wildman–Crippen LogP) is 18.7. The van der Waals surface area contributed by atoms with Crippen molar-refractivity contribution in [2.75, 3.05) is 40.9 Å². The van der Waals surface area contributed by atoms with E-state index in [-0.39, 0.29) is 19.1 Å². The molecule has 0 aliphatic heterocycles. The van der Waals surface area contributed by atoms with Gasteiger partial charge in [0, 0.05) is 6.42 Å². The Morgan fingerprint density at radius 1 is 0.479 bits per heavy atom. The molecule has 0 aromatic heterocycles. The van der Waals surface area contributed by atoms with Gasteiger partial charge in [0.05, 0.1) is 39.9 Å². The maximum atomic E-state index is 13.0. The molecule has 1 amide bonds. The number of unbranched alkanes of at least 4 members (excludes halogenated alkanes) is 37. The number of amides is 1. The summed E-state index contributed by atoms with van der Waals surface area (Å²) in [6.07, 6.45) is 71.0. The summed E-state index contributed by atoms with van der Waals surface area (Å²) in [5.74, 6) is -0.183. The second-order valence-corrected chi connectivity index (χ2v) is 23.5. The summed E-state index contributed by atoms with van der Waals surface area (Å²) in [7, 11) is 1.56. The number of aliphatic hydroxyl groups is 1. The summed E-state index contributed by atoms with van der Waals surface area (Å²) in [5.41, 5.74) is 0. The molecule has 0 radical (unpaired) electrons. The molecule has 0 fully saturated rings. The molecule has 0 spiro atoms. The van der Waals surface area contributed by atoms with Crippen LogP contribution in [-0.2, 0) is 18.4 Å². The van der Waals surface area contributed by atoms with E-state index in [9.17, 15) is 19.4 Å². The molecule has 0 aliphatic rings. The van der Waals surface area contributed by atoms with Crippen molar-refractivity contribution in [3.63, 3.8) is 0 Å². The molecule has 3 N–H and O–H groups in total. The zero-order valence-electron chi connectivity index (χ0n) is 47.7. The van der Waals surface area contributed by atoms with Crippen molar-refractivity contribution >= 4 is 13.7 Å². The van der Waals surface area contributed by atoms with Gasteiger partial charge in [-0.3, -0.25) is 13.8 Å². The molecule has 71 heavy (non-hydrogen) atoms. The smallest absolute Gasteiger partial charge is 0.387 e. The Hall–Kier alpha value is -1.54. The average Bonchev–Trinajstić information content (AvgIpc) is 3.33. The monoisotopic (exact) mass is 1020 g/mol. The topological polar surface area (TPSA) is 105 Å². The Kier molecular flexibility index (Phi) is 52.1. The number of allylic oxidation sites excluding steroid dienone is 7. The zero-order chi connectivity index (χ0) is 52.0. The minimum absolute atomic E-state index is 0.0571. The summed E-state index contributed by atoms with van der Waals surface area (Å²) in [5, 5.41) is 13.9. The first-order chi connectivity index (χ1) is 34.5. The van der Waals surface area contributed by atoms with Gasteiger partial charge in [-0.05, 0) is 64.2 Å². The van der Waals surface area contributed by atoms with Gasteiger partial charge < -0.3 is 19.8 Å². The van der Waals surface area contributed by atoms with E-state index in [4.69, 9.17) is 9.05 Å². The quantitative estimate of drug-likeness (QED) is 0.0243. The molecular weight excluding hydrogens is 900 g/mol. The predicted molar refractivity (Wildman–Crippen MR) is 309 cm³/mol. The summed E-state index contributed by atoms with van der Waals surface area (Å²) >= 11 is 0. The number of phosphoric ester groups is 1. The van der Waals surface area contributed by atoms with Crippen LogP contribution in [0.4, 0.5) is 0 Å². The van der Waals surface area contributed by atoms with Crippen LogP contribution in [0, 0.1) is 0 Å². The van der Waals surface area contributed by atoms with E-state index in [1.807, 2.05) is 27.2 Å². The zero-order valence-corrected chi connectivity index (χ0v) is 48.6. The highest BCUT2D eigenvalue weighted by molar-refractivity contribution is 7.47. The lowest BCUT2D eigenvalue weighted by atomic mass is 10.0. The first-order valence-electron chi connectivity index (χ1n) is 30.5. The fourth-order valence-corrected chi connectivity index (χ4v) is 9.71. The van der Waals surface area contributed by atoms with E-state index in [0.717, 1.165) is 44.9 Å². The third-order valence-corrected chi connectivity index (χ3v) is 14.8. The largest absolute Gasteiger partial charge is 0.472 e. The highest BCUT2D eigenvalue weighted by Gasteiger charge is 2.27. The normalized spacial score (nSPS) is 14.2. The Balaban J connectivity index is 3.98. The van der Waals surface area contributed by atoms with Crippen molar-refractivity contribution in [2.24, 2.45) is 0 Å². The lowest BCUT2D eigenvalue weighted by molar-refractivity contribution is -0.870. The second-order valence-electron chi connectivity index (χ2n) is 22.1. The number of quaternary nitrogens is 1. The first-order valence-corrected chi connectivity index (χ1v) is 32.0. The number of likely N-dealkylation sites (N-methyl/N-ethyl adjacent to an activating group) is 1. The van der Waals surface area contributed by atoms with Gasteiger partial charge in [0.2, 0.25) is 5.91 Å². The maximum Gasteiger partial charge on any atom is 0.472 e. The maximum absolute atomic E-state index is 13.0. The van der Waals surface area contributed by atoms with Crippen LogP contribution in [0.5, 0.6) is 0 Å². The third kappa shape index (κ3) is 56.0. The van der Waals surface area contributed by atoms with E-state index in [1.54, 1.807) is 6.08 Å². The summed E-state index contributed by atoms with van der Waals surface area (Å²) < 4.78 is 23.7. The molecule has 0 aromatic rings. The number of aliphatic hydroxyl groups excluding tert-OH is 1. The van der Waals surface area contributed by atoms with E-state index >= 15 is 0 Å². The average molecular weight is 1020 g/mol. The number of carbonyl (C=O) groups excluding carboxylic acids is 1. The van der Waals surface area contributed by atoms with E-state index in [0.29, 0.717) is 17.4 Å². The minimum Gasteiger partial charge on any atom is -0.387 e. The van der Waals surface area contributed by atoms with E-state index in [2.05, 4.69) is 55.6 Å². The van der Waals surface area contributed by atoms with Crippen molar-refractivity contribution in [1.29, 1.82) is 0 Å². The van der Waals surface area contributed by atoms with Crippen LogP contribution in [0.1, 0.15) is 290 Å². The number of hydrogen-bond donors (Lipinski definition) is 3. The fourth-order valence-electron chi connectivity index (χ4n) is 8.97. The molecule has 3 unspecified atom stereocenters. The van der Waals surface area contributed by atoms with Crippen molar-refractivity contribution in [3.05, 3.63) is 48.6 Å². The third-order valence-electron chi connectivity index (χ3n) is 13.8. The van der Waals surface area contributed by atoms with Gasteiger partial charge in [0.1, 0.15) is 13.2 Å². The molecule has 0 aromatic carbocycles. The van der Waals surface area contributed by atoms with Gasteiger partial charge >= 0.3 is 7.82 Å². The number of rotatable bonds is 56. The molecule has 0 aliphatic carbocycles. The Morgan fingerprint density at radius 2 is 0.817 bits per heavy atom. The standard InChI is InChI=1S/C62H119N2O6P/c1-6-8-10-12-14-16-18-20-22-23-24-25-26-27-28-29-30-31-32-33-34-35-36-37-38-39-40-41-42-44-46-48-50-52-54-56-62(66)63-60(59-70-71(67,68)69-58-57-64(3,4)5)61(65)55-53-51-49-47-45-43-21-19-17-15-13-11-9-7-2/h18,20,23-24,45,47,53,55,60-61,65H,6-17,19,21-22,25-44,46,48-52,54,56-59H2,1-5H3,(H-,63,66,67,68)/p+1/b20-18-,24-23-,47-45+,55-53+. The van der Waals surface area contributed by atoms with Crippen LogP contribution >= 0.6 is 7.82 Å². The highest BCUT2D eigenvalue weighted by atomic mass is 31.2. The molecule has 3 atom stereocenters. The van der Waals surface area contributed by atoms with Crippen LogP contribution < -0.4 is 5.32 Å². The SMILES string of the molecule is CCCCCCC/C=C\C/C=C\CCCCCCCCCCCCCCCCCCCCCCCCCC(=O)NC(COP(=O)(O)OCC[N+](C)(C)C)C(O)/C=C/CC/C=C/CCCCCCCCCC. The number of hydrogen-bond acceptors (Lipinski definition) is 5. The van der Waals surface area contributed by atoms with Gasteiger partial charge in [-0.1, -0.05) is 268 Å². The van der Waals surface area contributed by atoms with E-state index in [1.165, 1.54) is 225 Å². The summed E-state index contributed by atoms with van der Waals surface area (Å²) in [6.45, 7) is 4.80. The van der Waals surface area contributed by atoms with Crippen molar-refractivity contribution in [1.82, 2.24) is 5.32 Å². The fraction of sp³-hybridized carbons (Fsp3) is 0.855. The number of phosphoric acid groups is 1. The Labute approximate surface area is 441 Å². The summed E-state index contributed by atoms with van der Waals surface area (Å²) in [4.78, 5) is 23.3. The van der Waals surface area contributed by atoms with E-state index < -0.39 is 20.0 Å². The van der Waals surface area contributed by atoms with Crippen LogP contribution in [0.25, 0.3) is 0 Å². The molecule has 9 heteroatoms. The van der Waals surface area contributed by atoms with Gasteiger partial charge in [0.15, 0.2) is 0 Å². The number of carbonyl (C=O) groups is 1. The van der Waals surface area contributed by atoms with Crippen LogP contribution in [0.2, 0.25) is 0 Å². The lowest BCUT2D eigenvalue weighted by Crippen LogP contribution is -2.45. The highest BCUT2D eigenvalue weighted by Crippen LogP contribution is 2.43. The Morgan fingerprint density at radius 3 is 1.21 bits per heavy atom. The first kappa shape index (κ1) is 69.5. The van der Waals surface area contributed by atoms with Crippen molar-refractivity contribution < 1.29 is 32.9 Å². The molecule has 418 valence electrons. The van der Waals surface area contributed by atoms with Gasteiger partial charge in [-0.25, -0.2) is 4.57 Å².